The van der Waals surface area contributed by atoms with Crippen molar-refractivity contribution in [2.75, 3.05) is 33.2 Å². The van der Waals surface area contributed by atoms with Crippen molar-refractivity contribution in [3.05, 3.63) is 93.7 Å². The van der Waals surface area contributed by atoms with Gasteiger partial charge in [0.25, 0.3) is 5.56 Å². The monoisotopic (exact) mass is 404 g/mol. The molecule has 1 atom stereocenters. The Hall–Kier alpha value is -2.96. The largest absolute Gasteiger partial charge is 0.507 e. The summed E-state index contributed by atoms with van der Waals surface area (Å²) in [5, 5.41) is 10.9. The number of nitrogens with zero attached hydrogens (tertiary/aromatic N) is 4. The molecule has 1 aliphatic rings. The Morgan fingerprint density at radius 1 is 1.03 bits per heavy atom. The van der Waals surface area contributed by atoms with Gasteiger partial charge in [-0.25, -0.2) is 0 Å². The van der Waals surface area contributed by atoms with Crippen LogP contribution in [-0.4, -0.2) is 57.7 Å². The van der Waals surface area contributed by atoms with Crippen molar-refractivity contribution >= 4 is 0 Å². The summed E-state index contributed by atoms with van der Waals surface area (Å²) in [6.45, 7) is 5.76. The molecular weight excluding hydrogens is 376 g/mol. The van der Waals surface area contributed by atoms with Crippen molar-refractivity contribution in [3.8, 4) is 5.75 Å². The van der Waals surface area contributed by atoms with E-state index in [1.165, 1.54) is 0 Å². The number of piperazine rings is 1. The van der Waals surface area contributed by atoms with Crippen molar-refractivity contribution < 1.29 is 5.11 Å². The number of hydrogen-bond acceptors (Lipinski definition) is 5. The average Bonchev–Trinajstić information content (AvgIpc) is 2.76. The van der Waals surface area contributed by atoms with E-state index in [2.05, 4.69) is 21.8 Å². The highest BCUT2D eigenvalue weighted by Gasteiger charge is 2.30. The first-order valence-electron chi connectivity index (χ1n) is 10.4. The van der Waals surface area contributed by atoms with E-state index in [9.17, 15) is 9.90 Å². The first-order valence-corrected chi connectivity index (χ1v) is 10.4. The summed E-state index contributed by atoms with van der Waals surface area (Å²) in [7, 11) is 2.11. The number of benzene rings is 1. The fourth-order valence-electron chi connectivity index (χ4n) is 4.15. The Balaban J connectivity index is 1.82. The molecule has 0 aliphatic carbocycles. The second-order valence-electron chi connectivity index (χ2n) is 7.95. The van der Waals surface area contributed by atoms with Crippen LogP contribution in [-0.2, 0) is 6.54 Å². The number of aromatic nitrogens is 2. The normalized spacial score (nSPS) is 16.5. The molecule has 0 amide bonds. The summed E-state index contributed by atoms with van der Waals surface area (Å²) in [5.74, 6) is 0.0579. The highest BCUT2D eigenvalue weighted by atomic mass is 16.3. The van der Waals surface area contributed by atoms with Crippen LogP contribution in [0, 0.1) is 6.92 Å². The van der Waals surface area contributed by atoms with Crippen molar-refractivity contribution in [2.45, 2.75) is 19.5 Å². The molecule has 1 aliphatic heterocycles. The third kappa shape index (κ3) is 4.15. The van der Waals surface area contributed by atoms with Crippen LogP contribution in [0.3, 0.4) is 0 Å². The molecule has 2 aromatic heterocycles. The zero-order valence-electron chi connectivity index (χ0n) is 17.5. The van der Waals surface area contributed by atoms with Gasteiger partial charge >= 0.3 is 0 Å². The van der Waals surface area contributed by atoms with E-state index in [-0.39, 0.29) is 17.4 Å². The second kappa shape index (κ2) is 8.81. The first-order chi connectivity index (χ1) is 14.5. The number of aryl methyl sites for hydroxylation is 1. The summed E-state index contributed by atoms with van der Waals surface area (Å²) in [5.41, 5.74) is 2.83. The predicted molar refractivity (Wildman–Crippen MR) is 118 cm³/mol. The summed E-state index contributed by atoms with van der Waals surface area (Å²) < 4.78 is 1.71. The van der Waals surface area contributed by atoms with Gasteiger partial charge in [-0.2, -0.15) is 0 Å². The van der Waals surface area contributed by atoms with E-state index in [4.69, 9.17) is 0 Å². The van der Waals surface area contributed by atoms with Gasteiger partial charge in [-0.1, -0.05) is 36.4 Å². The first kappa shape index (κ1) is 20.3. The molecule has 156 valence electrons. The standard InChI is InChI=1S/C24H28N4O2/c1-18-16-21(29)22(24(30)28(18)17-20-10-6-7-11-25-20)23(19-8-4-3-5-9-19)27-14-12-26(2)13-15-27/h3-11,16,23,29H,12-15,17H2,1-2H3. The highest BCUT2D eigenvalue weighted by molar-refractivity contribution is 5.41. The maximum atomic E-state index is 13.7. The smallest absolute Gasteiger partial charge is 0.260 e. The zero-order chi connectivity index (χ0) is 21.1. The number of pyridine rings is 2. The topological polar surface area (TPSA) is 61.6 Å². The Bertz CT molecular complexity index is 1040. The van der Waals surface area contributed by atoms with E-state index in [0.717, 1.165) is 43.1 Å². The van der Waals surface area contributed by atoms with Crippen LogP contribution in [0.1, 0.15) is 28.6 Å². The molecular formula is C24H28N4O2. The van der Waals surface area contributed by atoms with Gasteiger partial charge in [0.05, 0.1) is 23.8 Å². The van der Waals surface area contributed by atoms with Crippen LogP contribution < -0.4 is 5.56 Å². The Kier molecular flexibility index (Phi) is 5.97. The average molecular weight is 405 g/mol. The minimum Gasteiger partial charge on any atom is -0.507 e. The lowest BCUT2D eigenvalue weighted by molar-refractivity contribution is 0.125. The number of hydrogen-bond donors (Lipinski definition) is 1. The minimum absolute atomic E-state index is 0.0579. The SMILES string of the molecule is Cc1cc(O)c(C(c2ccccc2)N2CCN(C)CC2)c(=O)n1Cc1ccccn1. The molecule has 0 spiro atoms. The van der Waals surface area contributed by atoms with Gasteiger partial charge in [-0.05, 0) is 37.7 Å². The van der Waals surface area contributed by atoms with Crippen molar-refractivity contribution in [2.24, 2.45) is 0 Å². The maximum Gasteiger partial charge on any atom is 0.260 e. The Morgan fingerprint density at radius 2 is 1.73 bits per heavy atom. The quantitative estimate of drug-likeness (QED) is 0.708. The van der Waals surface area contributed by atoms with Crippen LogP contribution in [0.5, 0.6) is 5.75 Å². The molecule has 1 N–H and O–H groups in total. The zero-order valence-corrected chi connectivity index (χ0v) is 17.5. The van der Waals surface area contributed by atoms with Crippen LogP contribution in [0.2, 0.25) is 0 Å². The fourth-order valence-corrected chi connectivity index (χ4v) is 4.15. The Morgan fingerprint density at radius 3 is 2.40 bits per heavy atom. The molecule has 1 saturated heterocycles. The molecule has 6 heteroatoms. The van der Waals surface area contributed by atoms with E-state index < -0.39 is 0 Å². The van der Waals surface area contributed by atoms with Crippen molar-refractivity contribution in [1.29, 1.82) is 0 Å². The van der Waals surface area contributed by atoms with E-state index in [1.54, 1.807) is 16.8 Å². The minimum atomic E-state index is -0.289. The molecule has 3 heterocycles. The molecule has 30 heavy (non-hydrogen) atoms. The van der Waals surface area contributed by atoms with Gasteiger partial charge in [0.1, 0.15) is 5.75 Å². The summed E-state index contributed by atoms with van der Waals surface area (Å²) in [4.78, 5) is 22.6. The van der Waals surface area contributed by atoms with Crippen LogP contribution in [0.25, 0.3) is 0 Å². The molecule has 1 unspecified atom stereocenters. The summed E-state index contributed by atoms with van der Waals surface area (Å²) >= 11 is 0. The lowest BCUT2D eigenvalue weighted by atomic mass is 9.96. The molecule has 0 radical (unpaired) electrons. The van der Waals surface area contributed by atoms with Crippen molar-refractivity contribution in [3.63, 3.8) is 0 Å². The third-order valence-corrected chi connectivity index (χ3v) is 5.86. The van der Waals surface area contributed by atoms with E-state index in [0.29, 0.717) is 12.1 Å². The Labute approximate surface area is 177 Å². The molecule has 3 aromatic rings. The van der Waals surface area contributed by atoms with Gasteiger partial charge in [-0.3, -0.25) is 14.7 Å². The molecule has 6 nitrogen and oxygen atoms in total. The molecule has 0 bridgehead atoms. The van der Waals surface area contributed by atoms with Gasteiger partial charge in [-0.15, -0.1) is 0 Å². The van der Waals surface area contributed by atoms with Crippen LogP contribution >= 0.6 is 0 Å². The molecule has 4 rings (SSSR count). The van der Waals surface area contributed by atoms with Gasteiger partial charge in [0.2, 0.25) is 0 Å². The highest BCUT2D eigenvalue weighted by Crippen LogP contribution is 2.33. The van der Waals surface area contributed by atoms with Crippen LogP contribution in [0.15, 0.2) is 65.6 Å². The van der Waals surface area contributed by atoms with Crippen LogP contribution in [0.4, 0.5) is 0 Å². The molecule has 0 saturated carbocycles. The van der Waals surface area contributed by atoms with Gasteiger partial charge in [0.15, 0.2) is 0 Å². The lowest BCUT2D eigenvalue weighted by Crippen LogP contribution is -2.47. The van der Waals surface area contributed by atoms with Gasteiger partial charge in [0, 0.05) is 38.1 Å². The fraction of sp³-hybridized carbons (Fsp3) is 0.333. The van der Waals surface area contributed by atoms with E-state index >= 15 is 0 Å². The molecule has 1 fully saturated rings. The van der Waals surface area contributed by atoms with Crippen molar-refractivity contribution in [1.82, 2.24) is 19.4 Å². The summed E-state index contributed by atoms with van der Waals surface area (Å²) in [6.07, 6.45) is 1.73. The van der Waals surface area contributed by atoms with Gasteiger partial charge < -0.3 is 14.6 Å². The maximum absolute atomic E-state index is 13.7. The third-order valence-electron chi connectivity index (χ3n) is 5.86. The number of rotatable bonds is 5. The summed E-state index contributed by atoms with van der Waals surface area (Å²) in [6, 6.07) is 17.1. The molecule has 1 aromatic carbocycles. The number of likely N-dealkylation sites (N-methyl/N-ethyl adjacent to an activating group) is 1. The number of aromatic hydroxyl groups is 1. The van der Waals surface area contributed by atoms with E-state index in [1.807, 2.05) is 55.5 Å². The predicted octanol–water partition coefficient (Wildman–Crippen LogP) is 2.64. The lowest BCUT2D eigenvalue weighted by Gasteiger charge is -2.38. The second-order valence-corrected chi connectivity index (χ2v) is 7.95.